The zero-order valence-electron chi connectivity index (χ0n) is 8.72. The number of rotatable bonds is 3. The van der Waals surface area contributed by atoms with E-state index in [1.807, 2.05) is 0 Å². The van der Waals surface area contributed by atoms with Crippen molar-refractivity contribution in [2.24, 2.45) is 0 Å². The quantitative estimate of drug-likeness (QED) is 0.484. The fraction of sp³-hybridized carbons (Fsp3) is 0.333. The number of hydrogen-bond acceptors (Lipinski definition) is 2. The smallest absolute Gasteiger partial charge is 0.258 e. The van der Waals surface area contributed by atoms with Crippen LogP contribution in [0.2, 0.25) is 0 Å². The molecule has 1 atom stereocenters. The van der Waals surface area contributed by atoms with Gasteiger partial charge in [-0.1, -0.05) is 6.07 Å². The third kappa shape index (κ3) is 2.47. The molecule has 0 fully saturated rings. The molecule has 10 heteroatoms. The minimum absolute atomic E-state index is 0.0853. The number of benzene rings is 1. The van der Waals surface area contributed by atoms with Crippen LogP contribution in [0.4, 0.5) is 36.4 Å². The summed E-state index contributed by atoms with van der Waals surface area (Å²) in [6.07, 6.45) is -10.5. The van der Waals surface area contributed by atoms with Crippen LogP contribution in [-0.2, 0) is 5.67 Å². The zero-order chi connectivity index (χ0) is 15.0. The first-order valence-electron chi connectivity index (χ1n) is 4.50. The maximum absolute atomic E-state index is 13.5. The molecule has 0 radical (unpaired) electrons. The Kier molecular flexibility index (Phi) is 3.73. The lowest BCUT2D eigenvalue weighted by atomic mass is 9.95. The molecule has 0 aromatic heterocycles. The van der Waals surface area contributed by atoms with Gasteiger partial charge in [0.05, 0.1) is 4.92 Å². The minimum atomic E-state index is -6.01. The van der Waals surface area contributed by atoms with E-state index < -0.39 is 40.3 Å². The highest BCUT2D eigenvalue weighted by Crippen LogP contribution is 2.47. The van der Waals surface area contributed by atoms with Crippen LogP contribution in [0.3, 0.4) is 0 Å². The summed E-state index contributed by atoms with van der Waals surface area (Å²) in [6, 6.07) is 0.00683. The van der Waals surface area contributed by atoms with Crippen LogP contribution >= 0.6 is 0 Å². The van der Waals surface area contributed by atoms with Crippen LogP contribution in [0.15, 0.2) is 18.2 Å². The molecule has 1 aromatic carbocycles. The van der Waals surface area contributed by atoms with Gasteiger partial charge < -0.3 is 0 Å². The summed E-state index contributed by atoms with van der Waals surface area (Å²) in [7, 11) is 0. The van der Waals surface area contributed by atoms with E-state index in [1.165, 1.54) is 0 Å². The van der Waals surface area contributed by atoms with Gasteiger partial charge in [0.1, 0.15) is 0 Å². The highest BCUT2D eigenvalue weighted by atomic mass is 19.4. The summed E-state index contributed by atoms with van der Waals surface area (Å²) in [5, 5.41) is 10.3. The van der Waals surface area contributed by atoms with E-state index in [2.05, 4.69) is 0 Å². The number of nitro groups is 1. The number of hydrogen-bond donors (Lipinski definition) is 0. The van der Waals surface area contributed by atoms with E-state index in [-0.39, 0.29) is 18.2 Å². The molecular formula is C9H4F7NO2. The van der Waals surface area contributed by atoms with Crippen LogP contribution in [0.5, 0.6) is 0 Å². The lowest BCUT2D eigenvalue weighted by molar-refractivity contribution is -0.387. The van der Waals surface area contributed by atoms with Crippen molar-refractivity contribution >= 4 is 5.69 Å². The largest absolute Gasteiger partial charge is 0.432 e. The first kappa shape index (κ1) is 15.2. The Bertz CT molecular complexity index is 502. The summed E-state index contributed by atoms with van der Waals surface area (Å²) in [6.45, 7) is 0. The lowest BCUT2D eigenvalue weighted by Crippen LogP contribution is -2.44. The molecule has 0 aliphatic rings. The van der Waals surface area contributed by atoms with Gasteiger partial charge in [0.2, 0.25) is 5.82 Å². The van der Waals surface area contributed by atoms with Crippen LogP contribution < -0.4 is 0 Å². The molecule has 0 N–H and O–H groups in total. The van der Waals surface area contributed by atoms with Gasteiger partial charge in [0.25, 0.3) is 12.1 Å². The molecule has 1 unspecified atom stereocenters. The van der Waals surface area contributed by atoms with Gasteiger partial charge in [0, 0.05) is 11.6 Å². The third-order valence-corrected chi connectivity index (χ3v) is 2.28. The van der Waals surface area contributed by atoms with Gasteiger partial charge in [-0.05, 0) is 6.07 Å². The first-order valence-corrected chi connectivity index (χ1v) is 4.50. The standard InChI is InChI=1S/C9H4F7NO2/c10-5-2-1-4(3-6(5)17(18)19)8(13,7(11)12)9(14,15)16/h1-3,7H. The van der Waals surface area contributed by atoms with E-state index in [4.69, 9.17) is 0 Å². The Hall–Kier alpha value is -1.87. The molecule has 3 nitrogen and oxygen atoms in total. The molecule has 0 aliphatic carbocycles. The highest BCUT2D eigenvalue weighted by Gasteiger charge is 2.64. The summed E-state index contributed by atoms with van der Waals surface area (Å²) in [5.74, 6) is -1.56. The van der Waals surface area contributed by atoms with E-state index >= 15 is 0 Å². The van der Waals surface area contributed by atoms with Crippen molar-refractivity contribution in [3.05, 3.63) is 39.7 Å². The van der Waals surface area contributed by atoms with Crippen LogP contribution in [0, 0.1) is 15.9 Å². The molecular weight excluding hydrogens is 287 g/mol. The van der Waals surface area contributed by atoms with Crippen molar-refractivity contribution in [1.82, 2.24) is 0 Å². The second kappa shape index (κ2) is 4.67. The second-order valence-corrected chi connectivity index (χ2v) is 3.43. The van der Waals surface area contributed by atoms with Gasteiger partial charge in [-0.3, -0.25) is 10.1 Å². The van der Waals surface area contributed by atoms with Crippen LogP contribution in [0.1, 0.15) is 5.56 Å². The number of nitro benzene ring substituents is 1. The third-order valence-electron chi connectivity index (χ3n) is 2.28. The van der Waals surface area contributed by atoms with Crippen molar-refractivity contribution < 1.29 is 35.7 Å². The van der Waals surface area contributed by atoms with E-state index in [9.17, 15) is 40.8 Å². The minimum Gasteiger partial charge on any atom is -0.258 e. The summed E-state index contributed by atoms with van der Waals surface area (Å²) in [4.78, 5) is 8.85. The summed E-state index contributed by atoms with van der Waals surface area (Å²) in [5.41, 5.74) is -8.36. The number of halogens is 7. The average Bonchev–Trinajstić information content (AvgIpc) is 2.26. The monoisotopic (exact) mass is 291 g/mol. The van der Waals surface area contributed by atoms with Gasteiger partial charge in [-0.2, -0.15) is 17.6 Å². The predicted octanol–water partition coefficient (Wildman–Crippen LogP) is 3.73. The molecule has 1 rings (SSSR count). The maximum Gasteiger partial charge on any atom is 0.432 e. The number of nitrogens with zero attached hydrogens (tertiary/aromatic N) is 1. The summed E-state index contributed by atoms with van der Waals surface area (Å²) >= 11 is 0. The zero-order valence-corrected chi connectivity index (χ0v) is 8.72. The van der Waals surface area contributed by atoms with Gasteiger partial charge in [-0.25, -0.2) is 13.2 Å². The average molecular weight is 291 g/mol. The van der Waals surface area contributed by atoms with E-state index in [0.29, 0.717) is 0 Å². The summed E-state index contributed by atoms with van der Waals surface area (Å²) < 4.78 is 88.1. The lowest BCUT2D eigenvalue weighted by Gasteiger charge is -2.27. The molecule has 0 amide bonds. The molecule has 0 saturated heterocycles. The highest BCUT2D eigenvalue weighted by molar-refractivity contribution is 5.39. The van der Waals surface area contributed by atoms with E-state index in [0.717, 1.165) is 0 Å². The van der Waals surface area contributed by atoms with Gasteiger partial charge >= 0.3 is 11.9 Å². The molecule has 0 saturated carbocycles. The van der Waals surface area contributed by atoms with Gasteiger partial charge in [0.15, 0.2) is 0 Å². The Labute approximate surface area is 100 Å². The van der Waals surface area contributed by atoms with Crippen LogP contribution in [0.25, 0.3) is 0 Å². The van der Waals surface area contributed by atoms with Crippen molar-refractivity contribution in [2.75, 3.05) is 0 Å². The van der Waals surface area contributed by atoms with Gasteiger partial charge in [-0.15, -0.1) is 0 Å². The van der Waals surface area contributed by atoms with Crippen molar-refractivity contribution in [3.63, 3.8) is 0 Å². The van der Waals surface area contributed by atoms with Crippen molar-refractivity contribution in [3.8, 4) is 0 Å². The fourth-order valence-electron chi connectivity index (χ4n) is 1.29. The van der Waals surface area contributed by atoms with E-state index in [1.54, 1.807) is 0 Å². The second-order valence-electron chi connectivity index (χ2n) is 3.43. The molecule has 0 aliphatic heterocycles. The number of alkyl halides is 6. The van der Waals surface area contributed by atoms with Crippen LogP contribution in [-0.4, -0.2) is 17.5 Å². The van der Waals surface area contributed by atoms with Crippen molar-refractivity contribution in [2.45, 2.75) is 18.3 Å². The Morgan fingerprint density at radius 3 is 2.05 bits per heavy atom. The fourth-order valence-corrected chi connectivity index (χ4v) is 1.29. The SMILES string of the molecule is O=[N+]([O-])c1cc(C(F)(C(F)F)C(F)(F)F)ccc1F. The maximum atomic E-state index is 13.5. The Balaban J connectivity index is 3.50. The molecule has 106 valence electrons. The molecule has 1 aromatic rings. The molecule has 0 heterocycles. The molecule has 0 bridgehead atoms. The normalized spacial score (nSPS) is 15.4. The molecule has 19 heavy (non-hydrogen) atoms. The molecule has 0 spiro atoms. The Morgan fingerprint density at radius 1 is 1.16 bits per heavy atom. The predicted molar refractivity (Wildman–Crippen MR) is 47.9 cm³/mol. The van der Waals surface area contributed by atoms with Crippen molar-refractivity contribution in [1.29, 1.82) is 0 Å². The first-order chi connectivity index (χ1) is 8.51. The Morgan fingerprint density at radius 2 is 1.68 bits per heavy atom. The topological polar surface area (TPSA) is 43.1 Å².